The van der Waals surface area contributed by atoms with Gasteiger partial charge in [-0.25, -0.2) is 9.82 Å². The van der Waals surface area contributed by atoms with Crippen molar-refractivity contribution < 1.29 is 24.1 Å². The van der Waals surface area contributed by atoms with Crippen molar-refractivity contribution in [3.05, 3.63) is 68.0 Å². The van der Waals surface area contributed by atoms with Crippen LogP contribution in [-0.4, -0.2) is 62.4 Å². The highest BCUT2D eigenvalue weighted by atomic mass is 19.1. The minimum Gasteiger partial charge on any atom is -0.502 e. The molecule has 0 radical (unpaired) electrons. The van der Waals surface area contributed by atoms with Crippen molar-refractivity contribution in [2.75, 3.05) is 41.9 Å². The molecule has 1 aliphatic rings. The zero-order valence-electron chi connectivity index (χ0n) is 18.4. The van der Waals surface area contributed by atoms with Crippen molar-refractivity contribution in [3.63, 3.8) is 0 Å². The van der Waals surface area contributed by atoms with Gasteiger partial charge in [0.2, 0.25) is 23.6 Å². The number of aromatic nitrogens is 3. The summed E-state index contributed by atoms with van der Waals surface area (Å²) in [6.45, 7) is 1.98. The van der Waals surface area contributed by atoms with Crippen LogP contribution in [0.2, 0.25) is 0 Å². The molecule has 3 N–H and O–H groups in total. The lowest BCUT2D eigenvalue weighted by Gasteiger charge is -2.27. The van der Waals surface area contributed by atoms with Crippen LogP contribution >= 0.6 is 0 Å². The Labute approximate surface area is 201 Å². The topological polar surface area (TPSA) is 194 Å². The molecule has 0 aliphatic carbocycles. The zero-order chi connectivity index (χ0) is 25.7. The number of nitro groups is 2. The number of phenols is 1. The Morgan fingerprint density at radius 3 is 2.42 bits per heavy atom. The standard InChI is InChI=1S/C20H18FN9O6/c21-13-1-3-14(4-2-13)23-18-24-19(26-20(25-18)28-5-7-36-8-6-28)27-22-11-12-9-15(29(32)33)10-16(17(12)31)30(34)35/h1-4,9-11,31H,5-8H2,(H2,23,24,25,26,27). The van der Waals surface area contributed by atoms with Crippen LogP contribution in [0, 0.1) is 26.0 Å². The van der Waals surface area contributed by atoms with Gasteiger partial charge in [0.15, 0.2) is 0 Å². The maximum Gasteiger partial charge on any atom is 0.318 e. The molecule has 36 heavy (non-hydrogen) atoms. The molecule has 15 nitrogen and oxygen atoms in total. The molecule has 0 atom stereocenters. The SMILES string of the molecule is O=[N+]([O-])c1cc(C=NNc2nc(Nc3ccc(F)cc3)nc(N3CCOCC3)n2)c(O)c([N+](=O)[O-])c1. The normalized spacial score (nSPS) is 13.5. The number of nitrogens with one attached hydrogen (secondary N) is 2. The molecule has 4 rings (SSSR count). The van der Waals surface area contributed by atoms with Crippen molar-refractivity contribution in [3.8, 4) is 5.75 Å². The maximum absolute atomic E-state index is 13.2. The zero-order valence-corrected chi connectivity index (χ0v) is 18.4. The molecule has 1 fully saturated rings. The van der Waals surface area contributed by atoms with Crippen LogP contribution in [0.1, 0.15) is 5.56 Å². The summed E-state index contributed by atoms with van der Waals surface area (Å²) < 4.78 is 18.6. The van der Waals surface area contributed by atoms with Gasteiger partial charge in [-0.15, -0.1) is 0 Å². The van der Waals surface area contributed by atoms with Crippen molar-refractivity contribution in [1.82, 2.24) is 15.0 Å². The quantitative estimate of drug-likeness (QED) is 0.233. The Morgan fingerprint density at radius 1 is 1.06 bits per heavy atom. The molecule has 0 saturated carbocycles. The number of nitro benzene ring substituents is 2. The average Bonchev–Trinajstić information content (AvgIpc) is 2.86. The van der Waals surface area contributed by atoms with E-state index in [2.05, 4.69) is 30.8 Å². The predicted octanol–water partition coefficient (Wildman–Crippen LogP) is 2.56. The third kappa shape index (κ3) is 5.73. The van der Waals surface area contributed by atoms with Gasteiger partial charge in [0.1, 0.15) is 5.82 Å². The number of hydrogen-bond donors (Lipinski definition) is 3. The lowest BCUT2D eigenvalue weighted by molar-refractivity contribution is -0.394. The minimum absolute atomic E-state index is 0.0354. The van der Waals surface area contributed by atoms with E-state index in [9.17, 15) is 29.7 Å². The van der Waals surface area contributed by atoms with Crippen molar-refractivity contribution >= 4 is 41.1 Å². The molecule has 1 aromatic heterocycles. The average molecular weight is 499 g/mol. The Bertz CT molecular complexity index is 1320. The summed E-state index contributed by atoms with van der Waals surface area (Å²) >= 11 is 0. The van der Waals surface area contributed by atoms with Crippen LogP contribution in [-0.2, 0) is 4.74 Å². The van der Waals surface area contributed by atoms with Crippen LogP contribution < -0.4 is 15.6 Å². The first kappa shape index (κ1) is 24.1. The van der Waals surface area contributed by atoms with E-state index < -0.39 is 32.8 Å². The number of aromatic hydroxyl groups is 1. The molecule has 16 heteroatoms. The van der Waals surface area contributed by atoms with Gasteiger partial charge >= 0.3 is 5.69 Å². The van der Waals surface area contributed by atoms with Gasteiger partial charge < -0.3 is 20.1 Å². The largest absolute Gasteiger partial charge is 0.502 e. The minimum atomic E-state index is -0.943. The summed E-state index contributed by atoms with van der Waals surface area (Å²) in [4.78, 5) is 35.2. The van der Waals surface area contributed by atoms with Crippen LogP contribution in [0.3, 0.4) is 0 Å². The van der Waals surface area contributed by atoms with E-state index in [1.54, 1.807) is 0 Å². The smallest absolute Gasteiger partial charge is 0.318 e. The van der Waals surface area contributed by atoms with E-state index in [1.165, 1.54) is 24.3 Å². The van der Waals surface area contributed by atoms with Crippen molar-refractivity contribution in [2.45, 2.75) is 0 Å². The fourth-order valence-electron chi connectivity index (χ4n) is 3.17. The number of ether oxygens (including phenoxy) is 1. The first-order valence-corrected chi connectivity index (χ1v) is 10.4. The molecular weight excluding hydrogens is 481 g/mol. The number of benzene rings is 2. The second kappa shape index (κ2) is 10.5. The number of rotatable bonds is 8. The molecule has 0 bridgehead atoms. The van der Waals surface area contributed by atoms with Crippen LogP contribution in [0.5, 0.6) is 5.75 Å². The number of anilines is 4. The summed E-state index contributed by atoms with van der Waals surface area (Å²) in [6.07, 6.45) is 0.959. The fraction of sp³-hybridized carbons (Fsp3) is 0.200. The van der Waals surface area contributed by atoms with Gasteiger partial charge in [-0.05, 0) is 24.3 Å². The van der Waals surface area contributed by atoms with Gasteiger partial charge in [0.25, 0.3) is 5.69 Å². The number of morpholine rings is 1. The molecule has 1 aliphatic heterocycles. The van der Waals surface area contributed by atoms with E-state index in [4.69, 9.17) is 4.74 Å². The summed E-state index contributed by atoms with van der Waals surface area (Å²) in [6, 6.07) is 7.10. The number of non-ortho nitro benzene ring substituents is 1. The number of phenolic OH excluding ortho intramolecular Hbond substituents is 1. The van der Waals surface area contributed by atoms with Gasteiger partial charge in [-0.1, -0.05) is 0 Å². The fourth-order valence-corrected chi connectivity index (χ4v) is 3.17. The van der Waals surface area contributed by atoms with E-state index in [0.717, 1.165) is 12.3 Å². The lowest BCUT2D eigenvalue weighted by atomic mass is 10.1. The molecule has 3 aromatic rings. The lowest BCUT2D eigenvalue weighted by Crippen LogP contribution is -2.37. The van der Waals surface area contributed by atoms with Crippen LogP contribution in [0.4, 0.5) is 39.3 Å². The number of halogens is 1. The van der Waals surface area contributed by atoms with Crippen LogP contribution in [0.15, 0.2) is 41.5 Å². The molecular formula is C20H18FN9O6. The Morgan fingerprint density at radius 2 is 1.75 bits per heavy atom. The highest BCUT2D eigenvalue weighted by molar-refractivity contribution is 5.87. The molecule has 0 spiro atoms. The predicted molar refractivity (Wildman–Crippen MR) is 125 cm³/mol. The molecule has 0 amide bonds. The summed E-state index contributed by atoms with van der Waals surface area (Å²) in [5.74, 6) is -0.827. The Hall–Kier alpha value is -4.99. The highest BCUT2D eigenvalue weighted by Gasteiger charge is 2.23. The second-order valence-corrected chi connectivity index (χ2v) is 7.30. The highest BCUT2D eigenvalue weighted by Crippen LogP contribution is 2.33. The third-order valence-electron chi connectivity index (χ3n) is 4.90. The van der Waals surface area contributed by atoms with Gasteiger partial charge in [-0.3, -0.25) is 20.2 Å². The van der Waals surface area contributed by atoms with Gasteiger partial charge in [0, 0.05) is 24.8 Å². The molecule has 2 heterocycles. The monoisotopic (exact) mass is 499 g/mol. The second-order valence-electron chi connectivity index (χ2n) is 7.30. The summed E-state index contributed by atoms with van der Waals surface area (Å²) in [5, 5.41) is 39.2. The molecule has 1 saturated heterocycles. The van der Waals surface area contributed by atoms with Crippen LogP contribution in [0.25, 0.3) is 0 Å². The van der Waals surface area contributed by atoms with Gasteiger partial charge in [0.05, 0.1) is 40.9 Å². The Balaban J connectivity index is 1.62. The maximum atomic E-state index is 13.2. The van der Waals surface area contributed by atoms with Crippen molar-refractivity contribution in [1.29, 1.82) is 0 Å². The number of nitrogens with zero attached hydrogens (tertiary/aromatic N) is 7. The molecule has 0 unspecified atom stereocenters. The first-order valence-electron chi connectivity index (χ1n) is 10.4. The van der Waals surface area contributed by atoms with Gasteiger partial charge in [-0.2, -0.15) is 20.1 Å². The third-order valence-corrected chi connectivity index (χ3v) is 4.90. The number of hydrogen-bond acceptors (Lipinski definition) is 13. The van der Waals surface area contributed by atoms with E-state index in [-0.39, 0.29) is 17.5 Å². The summed E-state index contributed by atoms with van der Waals surface area (Å²) in [7, 11) is 0. The van der Waals surface area contributed by atoms with Crippen molar-refractivity contribution in [2.24, 2.45) is 5.10 Å². The molecule has 2 aromatic carbocycles. The van der Waals surface area contributed by atoms with E-state index >= 15 is 0 Å². The summed E-state index contributed by atoms with van der Waals surface area (Å²) in [5.41, 5.74) is 1.34. The number of hydrazone groups is 1. The molecule has 186 valence electrons. The first-order chi connectivity index (χ1) is 17.3. The Kier molecular flexibility index (Phi) is 7.05. The van der Waals surface area contributed by atoms with E-state index in [1.807, 2.05) is 4.90 Å². The van der Waals surface area contributed by atoms with E-state index in [0.29, 0.717) is 44.0 Å².